The predicted molar refractivity (Wildman–Crippen MR) is 116 cm³/mol. The van der Waals surface area contributed by atoms with E-state index in [-0.39, 0.29) is 12.5 Å². The first kappa shape index (κ1) is 20.2. The molecule has 28 heavy (non-hydrogen) atoms. The zero-order valence-electron chi connectivity index (χ0n) is 17.1. The number of aryl methyl sites for hydroxylation is 1. The molecule has 1 aromatic heterocycles. The van der Waals surface area contributed by atoms with Gasteiger partial charge < -0.3 is 20.9 Å². The Hall–Kier alpha value is -2.50. The summed E-state index contributed by atoms with van der Waals surface area (Å²) in [6.45, 7) is 5.82. The van der Waals surface area contributed by atoms with E-state index < -0.39 is 0 Å². The molecule has 2 aromatic rings. The van der Waals surface area contributed by atoms with Crippen LogP contribution in [-0.2, 0) is 11.2 Å². The second-order valence-corrected chi connectivity index (χ2v) is 7.64. The number of hydrogen-bond donors (Lipinski definition) is 4. The van der Waals surface area contributed by atoms with Crippen molar-refractivity contribution >= 4 is 22.8 Å². The van der Waals surface area contributed by atoms with Crippen LogP contribution in [0.15, 0.2) is 29.4 Å². The number of carbonyl (C=O) groups is 1. The summed E-state index contributed by atoms with van der Waals surface area (Å²) in [6.07, 6.45) is 8.87. The number of aliphatic imine (C=N–C) groups is 1. The minimum atomic E-state index is 0.0103. The Bertz CT molecular complexity index is 804. The van der Waals surface area contributed by atoms with E-state index in [4.69, 9.17) is 0 Å². The molecule has 0 radical (unpaired) electrons. The van der Waals surface area contributed by atoms with Gasteiger partial charge in [0, 0.05) is 36.2 Å². The number of benzene rings is 1. The number of guanidine groups is 1. The molecule has 1 aliphatic carbocycles. The van der Waals surface area contributed by atoms with Gasteiger partial charge in [0.1, 0.15) is 6.54 Å². The molecule has 1 heterocycles. The van der Waals surface area contributed by atoms with Crippen LogP contribution in [0.5, 0.6) is 0 Å². The minimum absolute atomic E-state index is 0.0103. The van der Waals surface area contributed by atoms with Crippen molar-refractivity contribution in [2.75, 3.05) is 19.6 Å². The zero-order chi connectivity index (χ0) is 19.8. The minimum Gasteiger partial charge on any atom is -0.361 e. The number of amides is 1. The molecule has 1 amide bonds. The van der Waals surface area contributed by atoms with Gasteiger partial charge in [0.2, 0.25) is 5.91 Å². The van der Waals surface area contributed by atoms with Gasteiger partial charge >= 0.3 is 0 Å². The Morgan fingerprint density at radius 1 is 1.21 bits per heavy atom. The van der Waals surface area contributed by atoms with E-state index in [1.807, 2.05) is 6.92 Å². The number of rotatable bonds is 7. The highest BCUT2D eigenvalue weighted by molar-refractivity contribution is 5.85. The molecule has 1 saturated carbocycles. The van der Waals surface area contributed by atoms with Gasteiger partial charge in [-0.3, -0.25) is 4.79 Å². The van der Waals surface area contributed by atoms with E-state index in [1.165, 1.54) is 41.3 Å². The van der Waals surface area contributed by atoms with E-state index >= 15 is 0 Å². The molecule has 152 valence electrons. The summed E-state index contributed by atoms with van der Waals surface area (Å²) in [5.41, 5.74) is 3.72. The van der Waals surface area contributed by atoms with Crippen LogP contribution in [0.3, 0.4) is 0 Å². The fourth-order valence-corrected chi connectivity index (χ4v) is 3.84. The number of aromatic nitrogens is 1. The van der Waals surface area contributed by atoms with Gasteiger partial charge in [-0.1, -0.05) is 31.4 Å². The summed E-state index contributed by atoms with van der Waals surface area (Å²) in [6, 6.07) is 6.81. The van der Waals surface area contributed by atoms with E-state index in [2.05, 4.69) is 57.2 Å². The number of aromatic amines is 1. The van der Waals surface area contributed by atoms with Gasteiger partial charge in [0.05, 0.1) is 0 Å². The summed E-state index contributed by atoms with van der Waals surface area (Å²) in [5, 5.41) is 10.9. The van der Waals surface area contributed by atoms with E-state index in [0.717, 1.165) is 32.4 Å². The first-order valence-corrected chi connectivity index (χ1v) is 10.5. The lowest BCUT2D eigenvalue weighted by Gasteiger charge is -2.22. The van der Waals surface area contributed by atoms with Crippen molar-refractivity contribution < 1.29 is 4.79 Å². The van der Waals surface area contributed by atoms with Gasteiger partial charge in [-0.05, 0) is 50.3 Å². The first-order valence-electron chi connectivity index (χ1n) is 10.5. The van der Waals surface area contributed by atoms with Crippen molar-refractivity contribution in [1.82, 2.24) is 20.9 Å². The summed E-state index contributed by atoms with van der Waals surface area (Å²) in [5.74, 6) is 0.702. The van der Waals surface area contributed by atoms with E-state index in [1.54, 1.807) is 0 Å². The Kier molecular flexibility index (Phi) is 7.34. The second kappa shape index (κ2) is 10.2. The molecule has 0 spiro atoms. The SMILES string of the molecule is CCNC(=NCC(=O)NC1CCCCC1)NCCc1c[nH]c2cc(C)ccc12. The zero-order valence-corrected chi connectivity index (χ0v) is 17.1. The van der Waals surface area contributed by atoms with Crippen LogP contribution in [0.4, 0.5) is 0 Å². The molecule has 0 aliphatic heterocycles. The fraction of sp³-hybridized carbons (Fsp3) is 0.545. The third-order valence-corrected chi connectivity index (χ3v) is 5.30. The highest BCUT2D eigenvalue weighted by atomic mass is 16.1. The van der Waals surface area contributed by atoms with E-state index in [0.29, 0.717) is 12.0 Å². The lowest BCUT2D eigenvalue weighted by Crippen LogP contribution is -2.41. The third kappa shape index (κ3) is 5.75. The highest BCUT2D eigenvalue weighted by Crippen LogP contribution is 2.19. The van der Waals surface area contributed by atoms with Gasteiger partial charge in [-0.2, -0.15) is 0 Å². The Morgan fingerprint density at radius 2 is 2.04 bits per heavy atom. The molecular weight excluding hydrogens is 350 g/mol. The van der Waals surface area contributed by atoms with Crippen LogP contribution in [0.1, 0.15) is 50.2 Å². The normalized spacial score (nSPS) is 15.6. The van der Waals surface area contributed by atoms with Gasteiger partial charge in [-0.15, -0.1) is 0 Å². The monoisotopic (exact) mass is 383 g/mol. The molecule has 6 heteroatoms. The van der Waals surface area contributed by atoms with Crippen molar-refractivity contribution in [2.45, 2.75) is 58.4 Å². The second-order valence-electron chi connectivity index (χ2n) is 7.64. The van der Waals surface area contributed by atoms with Crippen LogP contribution in [-0.4, -0.2) is 42.5 Å². The number of H-pyrrole nitrogens is 1. The standard InChI is InChI=1S/C22H33N5O/c1-3-23-22(26-15-21(28)27-18-7-5-4-6-8-18)24-12-11-17-14-25-20-13-16(2)9-10-19(17)20/h9-10,13-14,18,25H,3-8,11-12,15H2,1-2H3,(H,27,28)(H2,23,24,26). The summed E-state index contributed by atoms with van der Waals surface area (Å²) in [7, 11) is 0. The Balaban J connectivity index is 1.49. The summed E-state index contributed by atoms with van der Waals surface area (Å²) < 4.78 is 0. The number of nitrogens with zero attached hydrogens (tertiary/aromatic N) is 1. The molecule has 4 N–H and O–H groups in total. The average Bonchev–Trinajstić information content (AvgIpc) is 3.09. The number of hydrogen-bond acceptors (Lipinski definition) is 2. The molecule has 0 bridgehead atoms. The van der Waals surface area contributed by atoms with Crippen molar-refractivity contribution in [1.29, 1.82) is 0 Å². The molecule has 1 fully saturated rings. The molecule has 0 saturated heterocycles. The van der Waals surface area contributed by atoms with Gasteiger partial charge in [0.15, 0.2) is 5.96 Å². The number of nitrogens with one attached hydrogen (secondary N) is 4. The molecule has 0 atom stereocenters. The van der Waals surface area contributed by atoms with Gasteiger partial charge in [0.25, 0.3) is 0 Å². The molecule has 1 aliphatic rings. The van der Waals surface area contributed by atoms with Crippen molar-refractivity contribution in [3.8, 4) is 0 Å². The predicted octanol–water partition coefficient (Wildman–Crippen LogP) is 3.02. The number of fused-ring (bicyclic) bond motifs is 1. The topological polar surface area (TPSA) is 81.3 Å². The van der Waals surface area contributed by atoms with Crippen LogP contribution in [0.2, 0.25) is 0 Å². The highest BCUT2D eigenvalue weighted by Gasteiger charge is 2.15. The smallest absolute Gasteiger partial charge is 0.242 e. The van der Waals surface area contributed by atoms with Gasteiger partial charge in [-0.25, -0.2) is 4.99 Å². The van der Waals surface area contributed by atoms with Crippen molar-refractivity contribution in [3.63, 3.8) is 0 Å². The largest absolute Gasteiger partial charge is 0.361 e. The lowest BCUT2D eigenvalue weighted by molar-refractivity contribution is -0.120. The molecular formula is C22H33N5O. The molecule has 6 nitrogen and oxygen atoms in total. The van der Waals surface area contributed by atoms with Crippen LogP contribution in [0.25, 0.3) is 10.9 Å². The molecule has 3 rings (SSSR count). The Morgan fingerprint density at radius 3 is 2.82 bits per heavy atom. The van der Waals surface area contributed by atoms with Crippen LogP contribution in [0, 0.1) is 6.92 Å². The maximum atomic E-state index is 12.2. The van der Waals surface area contributed by atoms with Crippen molar-refractivity contribution in [2.24, 2.45) is 4.99 Å². The maximum Gasteiger partial charge on any atom is 0.242 e. The summed E-state index contributed by atoms with van der Waals surface area (Å²) >= 11 is 0. The average molecular weight is 384 g/mol. The fourth-order valence-electron chi connectivity index (χ4n) is 3.84. The summed E-state index contributed by atoms with van der Waals surface area (Å²) in [4.78, 5) is 20.0. The van der Waals surface area contributed by atoms with Crippen molar-refractivity contribution in [3.05, 3.63) is 35.5 Å². The first-order chi connectivity index (χ1) is 13.7. The Labute approximate surface area is 167 Å². The molecule has 0 unspecified atom stereocenters. The quantitative estimate of drug-likeness (QED) is 0.438. The van der Waals surface area contributed by atoms with E-state index in [9.17, 15) is 4.79 Å². The third-order valence-electron chi connectivity index (χ3n) is 5.30. The number of carbonyl (C=O) groups excluding carboxylic acids is 1. The van der Waals surface area contributed by atoms with Crippen LogP contribution < -0.4 is 16.0 Å². The van der Waals surface area contributed by atoms with Crippen LogP contribution >= 0.6 is 0 Å². The lowest BCUT2D eigenvalue weighted by atomic mass is 9.95. The molecule has 1 aromatic carbocycles. The maximum absolute atomic E-state index is 12.2.